The number of carbonyl (C=O) groups excluding carboxylic acids is 2. The summed E-state index contributed by atoms with van der Waals surface area (Å²) >= 11 is 0. The molecular formula is C15H26O4. The lowest BCUT2D eigenvalue weighted by molar-refractivity contribution is -0.167. The van der Waals surface area contributed by atoms with Crippen LogP contribution in [0.2, 0.25) is 0 Å². The van der Waals surface area contributed by atoms with Crippen LogP contribution in [0.1, 0.15) is 53.4 Å². The van der Waals surface area contributed by atoms with Gasteiger partial charge in [0, 0.05) is 0 Å². The van der Waals surface area contributed by atoms with Crippen LogP contribution in [0.15, 0.2) is 11.6 Å². The highest BCUT2D eigenvalue weighted by Gasteiger charge is 2.16. The first-order valence-electron chi connectivity index (χ1n) is 7.02. The van der Waals surface area contributed by atoms with Gasteiger partial charge < -0.3 is 9.47 Å². The normalized spacial score (nSPS) is 12.9. The fourth-order valence-corrected chi connectivity index (χ4v) is 1.69. The van der Waals surface area contributed by atoms with Gasteiger partial charge in [0.2, 0.25) is 0 Å². The summed E-state index contributed by atoms with van der Waals surface area (Å²) in [6.07, 6.45) is 6.43. The molecule has 1 atom stereocenters. The largest absolute Gasteiger partial charge is 0.458 e. The van der Waals surface area contributed by atoms with Crippen molar-refractivity contribution in [1.29, 1.82) is 0 Å². The van der Waals surface area contributed by atoms with Crippen molar-refractivity contribution in [1.82, 2.24) is 0 Å². The Hall–Kier alpha value is -1.32. The molecule has 0 aromatic rings. The molecule has 0 aliphatic rings. The zero-order valence-electron chi connectivity index (χ0n) is 12.5. The van der Waals surface area contributed by atoms with Gasteiger partial charge in [-0.2, -0.15) is 0 Å². The van der Waals surface area contributed by atoms with Crippen LogP contribution in [-0.2, 0) is 19.1 Å². The fraction of sp³-hybridized carbons (Fsp3) is 0.733. The smallest absolute Gasteiger partial charge is 0.417 e. The van der Waals surface area contributed by atoms with E-state index in [1.54, 1.807) is 6.92 Å². The minimum atomic E-state index is -0.912. The highest BCUT2D eigenvalue weighted by Crippen LogP contribution is 2.12. The number of hydrogen-bond acceptors (Lipinski definition) is 4. The maximum atomic E-state index is 11.2. The predicted molar refractivity (Wildman–Crippen MR) is 74.7 cm³/mol. The summed E-state index contributed by atoms with van der Waals surface area (Å²) in [6.45, 7) is 8.45. The van der Waals surface area contributed by atoms with Crippen molar-refractivity contribution >= 4 is 11.9 Å². The molecule has 0 heterocycles. The lowest BCUT2D eigenvalue weighted by Gasteiger charge is -2.09. The van der Waals surface area contributed by atoms with Crippen LogP contribution >= 0.6 is 0 Å². The van der Waals surface area contributed by atoms with Crippen LogP contribution in [0, 0.1) is 5.92 Å². The third-order valence-corrected chi connectivity index (χ3v) is 2.74. The third kappa shape index (κ3) is 9.28. The third-order valence-electron chi connectivity index (χ3n) is 2.74. The second-order valence-electron chi connectivity index (χ2n) is 4.74. The quantitative estimate of drug-likeness (QED) is 0.386. The maximum Gasteiger partial charge on any atom is 0.417 e. The van der Waals surface area contributed by atoms with Crippen molar-refractivity contribution in [3.63, 3.8) is 0 Å². The zero-order valence-corrected chi connectivity index (χ0v) is 12.5. The van der Waals surface area contributed by atoms with E-state index in [0.717, 1.165) is 6.42 Å². The number of hydrogen-bond donors (Lipinski definition) is 0. The molecule has 0 saturated heterocycles. The average molecular weight is 270 g/mol. The highest BCUT2D eigenvalue weighted by molar-refractivity contribution is 6.29. The second-order valence-corrected chi connectivity index (χ2v) is 4.74. The van der Waals surface area contributed by atoms with Crippen LogP contribution < -0.4 is 0 Å². The SMILES string of the molecule is CCCCC(C)=CC(C)CCOC(=O)C(=O)OCC. The molecule has 110 valence electrons. The zero-order chi connectivity index (χ0) is 14.7. The molecule has 19 heavy (non-hydrogen) atoms. The molecule has 0 spiro atoms. The van der Waals surface area contributed by atoms with Gasteiger partial charge in [-0.1, -0.05) is 31.9 Å². The van der Waals surface area contributed by atoms with E-state index < -0.39 is 11.9 Å². The Morgan fingerprint density at radius 2 is 1.79 bits per heavy atom. The van der Waals surface area contributed by atoms with Crippen LogP contribution in [0.25, 0.3) is 0 Å². The Balaban J connectivity index is 3.88. The monoisotopic (exact) mass is 270 g/mol. The summed E-state index contributed by atoms with van der Waals surface area (Å²) in [7, 11) is 0. The molecule has 0 radical (unpaired) electrons. The van der Waals surface area contributed by atoms with E-state index in [4.69, 9.17) is 4.74 Å². The molecule has 1 unspecified atom stereocenters. The Labute approximate surface area is 116 Å². The average Bonchev–Trinajstić information content (AvgIpc) is 2.36. The molecule has 0 N–H and O–H groups in total. The predicted octanol–water partition coefficient (Wildman–Crippen LogP) is 3.26. The van der Waals surface area contributed by atoms with E-state index in [9.17, 15) is 9.59 Å². The van der Waals surface area contributed by atoms with E-state index in [-0.39, 0.29) is 13.2 Å². The maximum absolute atomic E-state index is 11.2. The van der Waals surface area contributed by atoms with E-state index in [0.29, 0.717) is 12.3 Å². The van der Waals surface area contributed by atoms with Gasteiger partial charge in [0.1, 0.15) is 0 Å². The van der Waals surface area contributed by atoms with Crippen molar-refractivity contribution in [2.75, 3.05) is 13.2 Å². The molecule has 0 bridgehead atoms. The van der Waals surface area contributed by atoms with Gasteiger partial charge in [-0.3, -0.25) is 0 Å². The number of rotatable bonds is 8. The van der Waals surface area contributed by atoms with Crippen LogP contribution in [0.3, 0.4) is 0 Å². The highest BCUT2D eigenvalue weighted by atomic mass is 16.6. The van der Waals surface area contributed by atoms with E-state index in [1.807, 2.05) is 0 Å². The van der Waals surface area contributed by atoms with Gasteiger partial charge in [-0.15, -0.1) is 0 Å². The van der Waals surface area contributed by atoms with Crippen molar-refractivity contribution in [2.45, 2.75) is 53.4 Å². The van der Waals surface area contributed by atoms with Crippen molar-refractivity contribution < 1.29 is 19.1 Å². The van der Waals surface area contributed by atoms with Crippen LogP contribution in [0.5, 0.6) is 0 Å². The minimum Gasteiger partial charge on any atom is -0.458 e. The second kappa shape index (κ2) is 10.6. The molecule has 0 aliphatic heterocycles. The summed E-state index contributed by atoms with van der Waals surface area (Å²) in [4.78, 5) is 22.2. The molecule has 0 rings (SSSR count). The number of allylic oxidation sites excluding steroid dienone is 2. The summed E-state index contributed by atoms with van der Waals surface area (Å²) in [6, 6.07) is 0. The Kier molecular flexibility index (Phi) is 9.85. The lowest BCUT2D eigenvalue weighted by Crippen LogP contribution is -2.21. The molecular weight excluding hydrogens is 244 g/mol. The van der Waals surface area contributed by atoms with E-state index in [1.165, 1.54) is 18.4 Å². The molecule has 0 saturated carbocycles. The summed E-state index contributed by atoms with van der Waals surface area (Å²) in [5, 5.41) is 0. The standard InChI is InChI=1S/C15H26O4/c1-5-7-8-12(3)11-13(4)9-10-19-15(17)14(16)18-6-2/h11,13H,5-10H2,1-4H3. The molecule has 4 nitrogen and oxygen atoms in total. The molecule has 0 aliphatic carbocycles. The molecule has 0 amide bonds. The first kappa shape index (κ1) is 17.7. The van der Waals surface area contributed by atoms with Gasteiger partial charge >= 0.3 is 11.9 Å². The van der Waals surface area contributed by atoms with E-state index in [2.05, 4.69) is 31.6 Å². The first-order valence-corrected chi connectivity index (χ1v) is 7.02. The van der Waals surface area contributed by atoms with Gasteiger partial charge in [-0.25, -0.2) is 9.59 Å². The van der Waals surface area contributed by atoms with E-state index >= 15 is 0 Å². The minimum absolute atomic E-state index is 0.184. The van der Waals surface area contributed by atoms with Crippen LogP contribution in [-0.4, -0.2) is 25.2 Å². The summed E-state index contributed by atoms with van der Waals surface area (Å²) < 4.78 is 9.39. The molecule has 0 aromatic carbocycles. The fourth-order valence-electron chi connectivity index (χ4n) is 1.69. The molecule has 0 fully saturated rings. The number of ether oxygens (including phenoxy) is 2. The van der Waals surface area contributed by atoms with Gasteiger partial charge in [-0.05, 0) is 39.0 Å². The van der Waals surface area contributed by atoms with Crippen molar-refractivity contribution in [3.05, 3.63) is 11.6 Å². The summed E-state index contributed by atoms with van der Waals surface area (Å²) in [5.41, 5.74) is 1.37. The first-order chi connectivity index (χ1) is 9.01. The van der Waals surface area contributed by atoms with Gasteiger partial charge in [0.05, 0.1) is 13.2 Å². The topological polar surface area (TPSA) is 52.6 Å². The summed E-state index contributed by atoms with van der Waals surface area (Å²) in [5.74, 6) is -1.47. The number of esters is 2. The lowest BCUT2D eigenvalue weighted by atomic mass is 10.0. The Bertz CT molecular complexity index is 307. The van der Waals surface area contributed by atoms with Crippen LogP contribution in [0.4, 0.5) is 0 Å². The van der Waals surface area contributed by atoms with Crippen molar-refractivity contribution in [3.8, 4) is 0 Å². The number of unbranched alkanes of at least 4 members (excludes halogenated alkanes) is 1. The molecule has 4 heteroatoms. The number of carbonyl (C=O) groups is 2. The Morgan fingerprint density at radius 3 is 2.37 bits per heavy atom. The molecule has 0 aromatic heterocycles. The van der Waals surface area contributed by atoms with Crippen molar-refractivity contribution in [2.24, 2.45) is 5.92 Å². The Morgan fingerprint density at radius 1 is 1.16 bits per heavy atom. The van der Waals surface area contributed by atoms with Gasteiger partial charge in [0.25, 0.3) is 0 Å². The van der Waals surface area contributed by atoms with Gasteiger partial charge in [0.15, 0.2) is 0 Å².